The van der Waals surface area contributed by atoms with E-state index in [2.05, 4.69) is 18.3 Å². The molecular weight excluding hydrogens is 246 g/mol. The molecule has 0 radical (unpaired) electrons. The summed E-state index contributed by atoms with van der Waals surface area (Å²) in [5.74, 6) is 1.80. The summed E-state index contributed by atoms with van der Waals surface area (Å²) in [6, 6.07) is 5.95. The van der Waals surface area contributed by atoms with Gasteiger partial charge in [-0.15, -0.1) is 0 Å². The second-order valence-corrected chi connectivity index (χ2v) is 5.77. The minimum atomic E-state index is 0.200. The molecule has 0 aliphatic heterocycles. The van der Waals surface area contributed by atoms with Crippen LogP contribution in [-0.4, -0.2) is 20.7 Å². The Kier molecular flexibility index (Phi) is 4.18. The molecule has 0 amide bonds. The zero-order valence-corrected chi connectivity index (χ0v) is 12.2. The molecule has 3 heteroatoms. The van der Waals surface area contributed by atoms with Crippen molar-refractivity contribution in [3.8, 4) is 5.75 Å². The molecule has 100 valence electrons. The van der Waals surface area contributed by atoms with Crippen molar-refractivity contribution in [2.75, 3.05) is 20.7 Å². The van der Waals surface area contributed by atoms with E-state index < -0.39 is 0 Å². The molecule has 1 saturated carbocycles. The highest BCUT2D eigenvalue weighted by Gasteiger charge is 2.45. The number of benzene rings is 1. The SMILES string of the molecule is CCC1CC(CNC)(c2cc(Cl)ccc2OC)C1. The molecule has 1 aliphatic rings. The van der Waals surface area contributed by atoms with E-state index in [9.17, 15) is 0 Å². The fourth-order valence-corrected chi connectivity index (χ4v) is 3.40. The fraction of sp³-hybridized carbons (Fsp3) is 0.600. The Labute approximate surface area is 115 Å². The summed E-state index contributed by atoms with van der Waals surface area (Å²) in [6.07, 6.45) is 3.70. The van der Waals surface area contributed by atoms with E-state index in [0.717, 1.165) is 23.2 Å². The zero-order chi connectivity index (χ0) is 13.2. The highest BCUT2D eigenvalue weighted by atomic mass is 35.5. The van der Waals surface area contributed by atoms with Gasteiger partial charge in [-0.2, -0.15) is 0 Å². The number of halogens is 1. The van der Waals surface area contributed by atoms with Gasteiger partial charge in [-0.05, 0) is 44.0 Å². The van der Waals surface area contributed by atoms with E-state index in [-0.39, 0.29) is 5.41 Å². The maximum Gasteiger partial charge on any atom is 0.122 e. The lowest BCUT2D eigenvalue weighted by Gasteiger charge is -2.48. The molecule has 1 aliphatic carbocycles. The first kappa shape index (κ1) is 13.7. The lowest BCUT2D eigenvalue weighted by molar-refractivity contribution is 0.133. The molecule has 0 unspecified atom stereocenters. The maximum absolute atomic E-state index is 6.16. The van der Waals surface area contributed by atoms with Gasteiger partial charge in [-0.1, -0.05) is 24.9 Å². The van der Waals surface area contributed by atoms with Gasteiger partial charge < -0.3 is 10.1 Å². The van der Waals surface area contributed by atoms with Gasteiger partial charge in [0.05, 0.1) is 7.11 Å². The van der Waals surface area contributed by atoms with Crippen LogP contribution in [0.2, 0.25) is 5.02 Å². The van der Waals surface area contributed by atoms with E-state index in [1.165, 1.54) is 24.8 Å². The van der Waals surface area contributed by atoms with Crippen LogP contribution in [0.1, 0.15) is 31.7 Å². The van der Waals surface area contributed by atoms with Crippen molar-refractivity contribution in [1.29, 1.82) is 0 Å². The van der Waals surface area contributed by atoms with Crippen LogP contribution in [-0.2, 0) is 5.41 Å². The van der Waals surface area contributed by atoms with Gasteiger partial charge in [0, 0.05) is 22.5 Å². The number of likely N-dealkylation sites (N-methyl/N-ethyl adjacent to an activating group) is 1. The zero-order valence-electron chi connectivity index (χ0n) is 11.4. The van der Waals surface area contributed by atoms with Crippen LogP contribution in [0.4, 0.5) is 0 Å². The second-order valence-electron chi connectivity index (χ2n) is 5.34. The van der Waals surface area contributed by atoms with Crippen molar-refractivity contribution in [1.82, 2.24) is 5.32 Å². The largest absolute Gasteiger partial charge is 0.496 e. The van der Waals surface area contributed by atoms with Gasteiger partial charge in [-0.25, -0.2) is 0 Å². The molecular formula is C15H22ClNO. The highest BCUT2D eigenvalue weighted by molar-refractivity contribution is 6.30. The van der Waals surface area contributed by atoms with E-state index in [0.29, 0.717) is 0 Å². The normalized spacial score (nSPS) is 26.8. The average Bonchev–Trinajstić information content (AvgIpc) is 2.33. The Bertz CT molecular complexity index is 413. The van der Waals surface area contributed by atoms with E-state index in [4.69, 9.17) is 16.3 Å². The Hall–Kier alpha value is -0.730. The summed E-state index contributed by atoms with van der Waals surface area (Å²) in [6.45, 7) is 3.25. The Morgan fingerprint density at radius 3 is 2.72 bits per heavy atom. The van der Waals surface area contributed by atoms with Crippen molar-refractivity contribution < 1.29 is 4.74 Å². The third kappa shape index (κ3) is 2.36. The second kappa shape index (κ2) is 5.50. The van der Waals surface area contributed by atoms with E-state index in [1.54, 1.807) is 7.11 Å². The molecule has 2 rings (SSSR count). The molecule has 1 aromatic carbocycles. The predicted molar refractivity (Wildman–Crippen MR) is 76.6 cm³/mol. The number of hydrogen-bond acceptors (Lipinski definition) is 2. The monoisotopic (exact) mass is 267 g/mol. The van der Waals surface area contributed by atoms with Crippen molar-refractivity contribution in [2.24, 2.45) is 5.92 Å². The lowest BCUT2D eigenvalue weighted by Crippen LogP contribution is -2.48. The molecule has 1 N–H and O–H groups in total. The van der Waals surface area contributed by atoms with Gasteiger partial charge in [0.1, 0.15) is 5.75 Å². The summed E-state index contributed by atoms with van der Waals surface area (Å²) in [4.78, 5) is 0. The number of ether oxygens (including phenoxy) is 1. The number of methoxy groups -OCH3 is 1. The summed E-state index contributed by atoms with van der Waals surface area (Å²) < 4.78 is 5.51. The fourth-order valence-electron chi connectivity index (χ4n) is 3.23. The molecule has 0 saturated heterocycles. The molecule has 1 fully saturated rings. The van der Waals surface area contributed by atoms with Gasteiger partial charge in [0.15, 0.2) is 0 Å². The van der Waals surface area contributed by atoms with Crippen molar-refractivity contribution in [2.45, 2.75) is 31.6 Å². The third-order valence-electron chi connectivity index (χ3n) is 4.18. The molecule has 0 spiro atoms. The highest BCUT2D eigenvalue weighted by Crippen LogP contribution is 2.51. The molecule has 18 heavy (non-hydrogen) atoms. The summed E-state index contributed by atoms with van der Waals surface area (Å²) in [5.41, 5.74) is 1.46. The maximum atomic E-state index is 6.16. The van der Waals surface area contributed by atoms with E-state index in [1.807, 2.05) is 19.2 Å². The molecule has 0 heterocycles. The first-order chi connectivity index (χ1) is 8.65. The van der Waals surface area contributed by atoms with Crippen molar-refractivity contribution in [3.05, 3.63) is 28.8 Å². The topological polar surface area (TPSA) is 21.3 Å². The van der Waals surface area contributed by atoms with E-state index >= 15 is 0 Å². The quantitative estimate of drug-likeness (QED) is 0.880. The molecule has 1 aromatic rings. The smallest absolute Gasteiger partial charge is 0.122 e. The van der Waals surface area contributed by atoms with Crippen LogP contribution in [0.5, 0.6) is 5.75 Å². The van der Waals surface area contributed by atoms with Gasteiger partial charge in [0.2, 0.25) is 0 Å². The number of hydrogen-bond donors (Lipinski definition) is 1. The minimum absolute atomic E-state index is 0.200. The Balaban J connectivity index is 2.34. The van der Waals surface area contributed by atoms with Crippen molar-refractivity contribution in [3.63, 3.8) is 0 Å². The van der Waals surface area contributed by atoms with Crippen LogP contribution >= 0.6 is 11.6 Å². The van der Waals surface area contributed by atoms with Gasteiger partial charge in [0.25, 0.3) is 0 Å². The average molecular weight is 268 g/mol. The summed E-state index contributed by atoms with van der Waals surface area (Å²) in [7, 11) is 3.74. The number of rotatable bonds is 5. The first-order valence-electron chi connectivity index (χ1n) is 6.64. The van der Waals surface area contributed by atoms with Crippen LogP contribution in [0.25, 0.3) is 0 Å². The first-order valence-corrected chi connectivity index (χ1v) is 7.01. The Morgan fingerprint density at radius 1 is 1.44 bits per heavy atom. The Morgan fingerprint density at radius 2 is 2.17 bits per heavy atom. The standard InChI is InChI=1S/C15H22ClNO/c1-4-11-8-15(9-11,10-17-2)13-7-12(16)5-6-14(13)18-3/h5-7,11,17H,4,8-10H2,1-3H3. The molecule has 2 nitrogen and oxygen atoms in total. The molecule has 0 bridgehead atoms. The molecule has 0 aromatic heterocycles. The predicted octanol–water partition coefficient (Wildman–Crippen LogP) is 3.63. The van der Waals surface area contributed by atoms with Crippen LogP contribution in [0, 0.1) is 5.92 Å². The number of nitrogens with one attached hydrogen (secondary N) is 1. The van der Waals surface area contributed by atoms with Crippen molar-refractivity contribution >= 4 is 11.6 Å². The summed E-state index contributed by atoms with van der Waals surface area (Å²) >= 11 is 6.16. The van der Waals surface area contributed by atoms with Crippen LogP contribution < -0.4 is 10.1 Å². The van der Waals surface area contributed by atoms with Crippen LogP contribution in [0.15, 0.2) is 18.2 Å². The lowest BCUT2D eigenvalue weighted by atomic mass is 9.57. The van der Waals surface area contributed by atoms with Gasteiger partial charge in [-0.3, -0.25) is 0 Å². The minimum Gasteiger partial charge on any atom is -0.496 e. The third-order valence-corrected chi connectivity index (χ3v) is 4.42. The molecule has 0 atom stereocenters. The van der Waals surface area contributed by atoms with Crippen LogP contribution in [0.3, 0.4) is 0 Å². The van der Waals surface area contributed by atoms with Gasteiger partial charge >= 0.3 is 0 Å². The summed E-state index contributed by atoms with van der Waals surface area (Å²) in [5, 5.41) is 4.12.